The lowest BCUT2D eigenvalue weighted by Gasteiger charge is -2.34. The number of carbonyl (C=O) groups excluding carboxylic acids is 1. The third kappa shape index (κ3) is 3.21. The van der Waals surface area contributed by atoms with Crippen LogP contribution in [0.15, 0.2) is 30.3 Å². The van der Waals surface area contributed by atoms with Crippen LogP contribution in [0.1, 0.15) is 12.0 Å². The van der Waals surface area contributed by atoms with Crippen molar-refractivity contribution >= 4 is 6.09 Å². The fourth-order valence-electron chi connectivity index (χ4n) is 1.98. The smallest absolute Gasteiger partial charge is 0.410 e. The van der Waals surface area contributed by atoms with Crippen molar-refractivity contribution in [3.8, 4) is 0 Å². The van der Waals surface area contributed by atoms with Crippen LogP contribution < -0.4 is 11.5 Å². The first-order valence-corrected chi connectivity index (χ1v) is 6.13. The Morgan fingerprint density at radius 3 is 2.67 bits per heavy atom. The second-order valence-electron chi connectivity index (χ2n) is 4.60. The molecule has 2 rings (SSSR count). The number of hydrogen-bond acceptors (Lipinski definition) is 4. The molecule has 0 aliphatic carbocycles. The molecule has 18 heavy (non-hydrogen) atoms. The van der Waals surface area contributed by atoms with Crippen LogP contribution in [0.4, 0.5) is 4.79 Å². The third-order valence-corrected chi connectivity index (χ3v) is 3.18. The Bertz CT molecular complexity index is 396. The van der Waals surface area contributed by atoms with Crippen LogP contribution in [-0.4, -0.2) is 36.2 Å². The Balaban J connectivity index is 1.82. The van der Waals surface area contributed by atoms with Crippen LogP contribution in [0.5, 0.6) is 0 Å². The predicted octanol–water partition coefficient (Wildman–Crippen LogP) is 0.683. The average molecular weight is 249 g/mol. The molecule has 1 aliphatic heterocycles. The Labute approximate surface area is 107 Å². The second kappa shape index (κ2) is 5.84. The van der Waals surface area contributed by atoms with Gasteiger partial charge in [0.1, 0.15) is 6.61 Å². The van der Waals surface area contributed by atoms with Gasteiger partial charge in [-0.2, -0.15) is 0 Å². The third-order valence-electron chi connectivity index (χ3n) is 3.18. The number of amides is 1. The van der Waals surface area contributed by atoms with E-state index < -0.39 is 0 Å². The first-order chi connectivity index (χ1) is 8.66. The summed E-state index contributed by atoms with van der Waals surface area (Å²) in [6.07, 6.45) is 0.405. The number of benzene rings is 1. The summed E-state index contributed by atoms with van der Waals surface area (Å²) in [7, 11) is 0. The molecule has 1 aromatic carbocycles. The van der Waals surface area contributed by atoms with E-state index in [0.717, 1.165) is 12.0 Å². The van der Waals surface area contributed by atoms with Gasteiger partial charge in [0.15, 0.2) is 0 Å². The average Bonchev–Trinajstić information content (AvgIpc) is 2.40. The van der Waals surface area contributed by atoms with Gasteiger partial charge >= 0.3 is 6.09 Å². The summed E-state index contributed by atoms with van der Waals surface area (Å²) >= 11 is 0. The zero-order chi connectivity index (χ0) is 13.0. The van der Waals surface area contributed by atoms with E-state index >= 15 is 0 Å². The van der Waals surface area contributed by atoms with Crippen LogP contribution in [0.2, 0.25) is 0 Å². The maximum atomic E-state index is 11.8. The minimum Gasteiger partial charge on any atom is -0.445 e. The summed E-state index contributed by atoms with van der Waals surface area (Å²) in [4.78, 5) is 13.5. The molecule has 98 valence electrons. The molecule has 1 fully saturated rings. The molecule has 1 aliphatic rings. The molecule has 5 heteroatoms. The first kappa shape index (κ1) is 12.9. The van der Waals surface area contributed by atoms with E-state index in [9.17, 15) is 4.79 Å². The molecule has 1 aromatic rings. The fourth-order valence-corrected chi connectivity index (χ4v) is 1.98. The molecule has 0 spiro atoms. The van der Waals surface area contributed by atoms with Gasteiger partial charge in [-0.15, -0.1) is 0 Å². The highest BCUT2D eigenvalue weighted by Gasteiger charge is 2.27. The van der Waals surface area contributed by atoms with Gasteiger partial charge in [-0.3, -0.25) is 0 Å². The Morgan fingerprint density at radius 1 is 1.28 bits per heavy atom. The Hall–Kier alpha value is -1.59. The SMILES string of the molecule is N[C@H]1CCN(C(=O)OCc2ccccc2)C[C@@H]1N. The number of rotatable bonds is 2. The first-order valence-electron chi connectivity index (χ1n) is 6.13. The molecule has 2 atom stereocenters. The lowest BCUT2D eigenvalue weighted by molar-refractivity contribution is 0.0835. The maximum Gasteiger partial charge on any atom is 0.410 e. The minimum atomic E-state index is -0.318. The number of carbonyl (C=O) groups is 1. The van der Waals surface area contributed by atoms with Crippen molar-refractivity contribution < 1.29 is 9.53 Å². The van der Waals surface area contributed by atoms with Gasteiger partial charge in [-0.25, -0.2) is 4.79 Å². The van der Waals surface area contributed by atoms with Gasteiger partial charge in [0.25, 0.3) is 0 Å². The summed E-state index contributed by atoms with van der Waals surface area (Å²) in [5, 5.41) is 0. The molecule has 0 radical (unpaired) electrons. The summed E-state index contributed by atoms with van der Waals surface area (Å²) in [6.45, 7) is 1.37. The van der Waals surface area contributed by atoms with E-state index in [-0.39, 0.29) is 24.8 Å². The number of hydrogen-bond donors (Lipinski definition) is 2. The number of nitrogens with two attached hydrogens (primary N) is 2. The summed E-state index contributed by atoms with van der Waals surface area (Å²) in [5.74, 6) is 0. The highest BCUT2D eigenvalue weighted by atomic mass is 16.6. The largest absolute Gasteiger partial charge is 0.445 e. The van der Waals surface area contributed by atoms with Crippen molar-refractivity contribution in [1.29, 1.82) is 0 Å². The van der Waals surface area contributed by atoms with Crippen LogP contribution >= 0.6 is 0 Å². The summed E-state index contributed by atoms with van der Waals surface area (Å²) in [6, 6.07) is 9.41. The Morgan fingerprint density at radius 2 is 2.00 bits per heavy atom. The van der Waals surface area contributed by atoms with Gasteiger partial charge in [0, 0.05) is 25.2 Å². The van der Waals surface area contributed by atoms with Gasteiger partial charge in [0.05, 0.1) is 0 Å². The van der Waals surface area contributed by atoms with Crippen molar-refractivity contribution in [2.24, 2.45) is 11.5 Å². The molecule has 1 amide bonds. The molecule has 0 bridgehead atoms. The van der Waals surface area contributed by atoms with Crippen LogP contribution in [0, 0.1) is 0 Å². The van der Waals surface area contributed by atoms with E-state index in [4.69, 9.17) is 16.2 Å². The van der Waals surface area contributed by atoms with Crippen molar-refractivity contribution in [2.45, 2.75) is 25.1 Å². The van der Waals surface area contributed by atoms with E-state index in [2.05, 4.69) is 0 Å². The van der Waals surface area contributed by atoms with Gasteiger partial charge in [-0.05, 0) is 12.0 Å². The van der Waals surface area contributed by atoms with Crippen LogP contribution in [0.3, 0.4) is 0 Å². The molecular formula is C13H19N3O2. The van der Waals surface area contributed by atoms with E-state index in [1.165, 1.54) is 0 Å². The van der Waals surface area contributed by atoms with Crippen molar-refractivity contribution in [3.05, 3.63) is 35.9 Å². The normalized spacial score (nSPS) is 23.8. The van der Waals surface area contributed by atoms with Crippen molar-refractivity contribution in [2.75, 3.05) is 13.1 Å². The Kier molecular flexibility index (Phi) is 4.17. The fraction of sp³-hybridized carbons (Fsp3) is 0.462. The lowest BCUT2D eigenvalue weighted by Crippen LogP contribution is -2.56. The van der Waals surface area contributed by atoms with E-state index in [1.54, 1.807) is 4.90 Å². The van der Waals surface area contributed by atoms with Crippen LogP contribution in [-0.2, 0) is 11.3 Å². The number of piperidine rings is 1. The highest BCUT2D eigenvalue weighted by molar-refractivity contribution is 5.67. The van der Waals surface area contributed by atoms with Gasteiger partial charge in [0.2, 0.25) is 0 Å². The quantitative estimate of drug-likeness (QED) is 0.807. The monoisotopic (exact) mass is 249 g/mol. The van der Waals surface area contributed by atoms with E-state index in [1.807, 2.05) is 30.3 Å². The molecule has 0 aromatic heterocycles. The van der Waals surface area contributed by atoms with Crippen molar-refractivity contribution in [3.63, 3.8) is 0 Å². The molecule has 0 saturated carbocycles. The van der Waals surface area contributed by atoms with Gasteiger partial charge < -0.3 is 21.1 Å². The molecule has 1 heterocycles. The maximum absolute atomic E-state index is 11.8. The number of likely N-dealkylation sites (tertiary alicyclic amines) is 1. The second-order valence-corrected chi connectivity index (χ2v) is 4.60. The van der Waals surface area contributed by atoms with Crippen molar-refractivity contribution in [1.82, 2.24) is 4.90 Å². The standard InChI is InChI=1S/C13H19N3O2/c14-11-6-7-16(8-12(11)15)13(17)18-9-10-4-2-1-3-5-10/h1-5,11-12H,6-9,14-15H2/t11-,12-/m0/s1. The number of ether oxygens (including phenoxy) is 1. The predicted molar refractivity (Wildman–Crippen MR) is 68.8 cm³/mol. The highest BCUT2D eigenvalue weighted by Crippen LogP contribution is 2.10. The summed E-state index contributed by atoms with van der Waals surface area (Å²) < 4.78 is 5.24. The molecular weight excluding hydrogens is 230 g/mol. The van der Waals surface area contributed by atoms with E-state index in [0.29, 0.717) is 13.1 Å². The zero-order valence-corrected chi connectivity index (χ0v) is 10.3. The van der Waals surface area contributed by atoms with Crippen LogP contribution in [0.25, 0.3) is 0 Å². The topological polar surface area (TPSA) is 81.6 Å². The zero-order valence-electron chi connectivity index (χ0n) is 10.3. The molecule has 1 saturated heterocycles. The molecule has 0 unspecified atom stereocenters. The molecule has 4 N–H and O–H groups in total. The summed E-state index contributed by atoms with van der Waals surface area (Å²) in [5.41, 5.74) is 12.6. The lowest BCUT2D eigenvalue weighted by atomic mass is 10.0. The minimum absolute atomic E-state index is 0.0248. The molecule has 5 nitrogen and oxygen atoms in total. The number of nitrogens with zero attached hydrogens (tertiary/aromatic N) is 1. The van der Waals surface area contributed by atoms with Gasteiger partial charge in [-0.1, -0.05) is 30.3 Å².